The van der Waals surface area contributed by atoms with Crippen LogP contribution >= 0.6 is 0 Å². The van der Waals surface area contributed by atoms with Crippen LogP contribution in [0.1, 0.15) is 57.4 Å². The van der Waals surface area contributed by atoms with Crippen molar-refractivity contribution in [3.63, 3.8) is 0 Å². The summed E-state index contributed by atoms with van der Waals surface area (Å²) in [6, 6.07) is 17.6. The first-order valence-electron chi connectivity index (χ1n) is 8.45. The van der Waals surface area contributed by atoms with Crippen molar-refractivity contribution in [2.45, 2.75) is 52.6 Å². The molecule has 2 aromatic rings. The molecule has 1 unspecified atom stereocenters. The highest BCUT2D eigenvalue weighted by Crippen LogP contribution is 2.22. The largest absolute Gasteiger partial charge is 0.494 e. The Bertz CT molecular complexity index is 593. The van der Waals surface area contributed by atoms with Crippen LogP contribution in [0.5, 0.6) is 5.75 Å². The predicted octanol–water partition coefficient (Wildman–Crippen LogP) is 5.23. The monoisotopic (exact) mass is 311 g/mol. The van der Waals surface area contributed by atoms with E-state index in [0.29, 0.717) is 12.6 Å². The van der Waals surface area contributed by atoms with Crippen molar-refractivity contribution in [3.8, 4) is 5.75 Å². The summed E-state index contributed by atoms with van der Waals surface area (Å²) in [4.78, 5) is 0. The highest BCUT2D eigenvalue weighted by atomic mass is 16.5. The zero-order valence-electron chi connectivity index (χ0n) is 15.0. The molecule has 0 aliphatic rings. The van der Waals surface area contributed by atoms with Crippen LogP contribution in [0, 0.1) is 0 Å². The van der Waals surface area contributed by atoms with Gasteiger partial charge in [-0.25, -0.2) is 0 Å². The zero-order valence-corrected chi connectivity index (χ0v) is 15.0. The Hall–Kier alpha value is -1.80. The van der Waals surface area contributed by atoms with Gasteiger partial charge < -0.3 is 10.1 Å². The van der Waals surface area contributed by atoms with Crippen LogP contribution in [0.4, 0.5) is 0 Å². The van der Waals surface area contributed by atoms with Crippen LogP contribution in [0.15, 0.2) is 48.5 Å². The molecular formula is C21H29NO. The minimum Gasteiger partial charge on any atom is -0.494 e. The average Bonchev–Trinajstić information content (AvgIpc) is 2.53. The normalized spacial score (nSPS) is 12.9. The number of benzene rings is 2. The third kappa shape index (κ3) is 5.11. The Morgan fingerprint density at radius 1 is 0.957 bits per heavy atom. The SMILES string of the molecule is CCOc1ccc(C(C)NCc2ccc(C(C)(C)C)cc2)cc1. The summed E-state index contributed by atoms with van der Waals surface area (Å²) >= 11 is 0. The van der Waals surface area contributed by atoms with Crippen molar-refractivity contribution < 1.29 is 4.74 Å². The Kier molecular flexibility index (Phi) is 5.84. The number of hydrogen-bond donors (Lipinski definition) is 1. The first-order chi connectivity index (χ1) is 10.9. The van der Waals surface area contributed by atoms with Crippen molar-refractivity contribution in [2.75, 3.05) is 6.61 Å². The van der Waals surface area contributed by atoms with Crippen LogP contribution < -0.4 is 10.1 Å². The first-order valence-corrected chi connectivity index (χ1v) is 8.45. The molecule has 0 aliphatic heterocycles. The van der Waals surface area contributed by atoms with Gasteiger partial charge in [-0.15, -0.1) is 0 Å². The van der Waals surface area contributed by atoms with E-state index in [9.17, 15) is 0 Å². The summed E-state index contributed by atoms with van der Waals surface area (Å²) in [5, 5.41) is 3.58. The summed E-state index contributed by atoms with van der Waals surface area (Å²) in [6.45, 7) is 12.5. The lowest BCUT2D eigenvalue weighted by molar-refractivity contribution is 0.340. The summed E-state index contributed by atoms with van der Waals surface area (Å²) in [7, 11) is 0. The third-order valence-electron chi connectivity index (χ3n) is 4.12. The topological polar surface area (TPSA) is 21.3 Å². The van der Waals surface area contributed by atoms with Gasteiger partial charge in [0.05, 0.1) is 6.61 Å². The molecule has 1 N–H and O–H groups in total. The lowest BCUT2D eigenvalue weighted by Crippen LogP contribution is -2.18. The van der Waals surface area contributed by atoms with E-state index in [0.717, 1.165) is 12.3 Å². The van der Waals surface area contributed by atoms with Crippen LogP contribution in [0.3, 0.4) is 0 Å². The molecule has 0 saturated carbocycles. The van der Waals surface area contributed by atoms with Gasteiger partial charge in [0.1, 0.15) is 5.75 Å². The molecule has 0 radical (unpaired) electrons. The fraction of sp³-hybridized carbons (Fsp3) is 0.429. The van der Waals surface area contributed by atoms with Gasteiger partial charge in [-0.2, -0.15) is 0 Å². The van der Waals surface area contributed by atoms with E-state index in [4.69, 9.17) is 4.74 Å². The molecule has 2 heteroatoms. The van der Waals surface area contributed by atoms with E-state index in [2.05, 4.69) is 69.4 Å². The van der Waals surface area contributed by atoms with E-state index in [1.165, 1.54) is 16.7 Å². The van der Waals surface area contributed by atoms with Crippen LogP contribution in [0.2, 0.25) is 0 Å². The molecule has 124 valence electrons. The Morgan fingerprint density at radius 3 is 2.09 bits per heavy atom. The summed E-state index contributed by atoms with van der Waals surface area (Å²) in [6.07, 6.45) is 0. The number of rotatable bonds is 6. The lowest BCUT2D eigenvalue weighted by Gasteiger charge is -2.20. The second kappa shape index (κ2) is 7.65. The second-order valence-electron chi connectivity index (χ2n) is 7.05. The Morgan fingerprint density at radius 2 is 1.57 bits per heavy atom. The molecule has 1 atom stereocenters. The maximum Gasteiger partial charge on any atom is 0.119 e. The van der Waals surface area contributed by atoms with E-state index < -0.39 is 0 Å². The van der Waals surface area contributed by atoms with Crippen molar-refractivity contribution in [1.82, 2.24) is 5.32 Å². The second-order valence-corrected chi connectivity index (χ2v) is 7.05. The van der Waals surface area contributed by atoms with Crippen molar-refractivity contribution in [3.05, 3.63) is 65.2 Å². The highest BCUT2D eigenvalue weighted by molar-refractivity contribution is 5.30. The number of hydrogen-bond acceptors (Lipinski definition) is 2. The van der Waals surface area contributed by atoms with Gasteiger partial charge in [0.25, 0.3) is 0 Å². The maximum absolute atomic E-state index is 5.49. The predicted molar refractivity (Wildman–Crippen MR) is 98.0 cm³/mol. The molecule has 0 amide bonds. The molecule has 0 spiro atoms. The van der Waals surface area contributed by atoms with Gasteiger partial charge in [0, 0.05) is 12.6 Å². The fourth-order valence-electron chi connectivity index (χ4n) is 2.53. The summed E-state index contributed by atoms with van der Waals surface area (Å²) in [5.74, 6) is 0.932. The molecule has 0 fully saturated rings. The molecule has 2 nitrogen and oxygen atoms in total. The fourth-order valence-corrected chi connectivity index (χ4v) is 2.53. The standard InChI is InChI=1S/C21H29NO/c1-6-23-20-13-9-18(10-14-20)16(2)22-15-17-7-11-19(12-8-17)21(3,4)5/h7-14,16,22H,6,15H2,1-5H3. The first kappa shape index (κ1) is 17.6. The van der Waals surface area contributed by atoms with E-state index in [1.54, 1.807) is 0 Å². The van der Waals surface area contributed by atoms with Gasteiger partial charge >= 0.3 is 0 Å². The van der Waals surface area contributed by atoms with Gasteiger partial charge in [0.2, 0.25) is 0 Å². The molecule has 0 bridgehead atoms. The van der Waals surface area contributed by atoms with Gasteiger partial charge in [-0.3, -0.25) is 0 Å². The van der Waals surface area contributed by atoms with Gasteiger partial charge in [-0.1, -0.05) is 57.2 Å². The molecule has 0 heterocycles. The molecule has 2 rings (SSSR count). The molecule has 0 aromatic heterocycles. The molecule has 23 heavy (non-hydrogen) atoms. The lowest BCUT2D eigenvalue weighted by atomic mass is 9.87. The Labute approximate surface area is 140 Å². The van der Waals surface area contributed by atoms with Crippen molar-refractivity contribution in [2.24, 2.45) is 0 Å². The van der Waals surface area contributed by atoms with Gasteiger partial charge in [0.15, 0.2) is 0 Å². The third-order valence-corrected chi connectivity index (χ3v) is 4.12. The molecule has 0 saturated heterocycles. The molecular weight excluding hydrogens is 282 g/mol. The molecule has 2 aromatic carbocycles. The highest BCUT2D eigenvalue weighted by Gasteiger charge is 2.13. The van der Waals surface area contributed by atoms with E-state index >= 15 is 0 Å². The number of ether oxygens (including phenoxy) is 1. The van der Waals surface area contributed by atoms with E-state index in [-0.39, 0.29) is 5.41 Å². The van der Waals surface area contributed by atoms with Crippen LogP contribution in [-0.2, 0) is 12.0 Å². The van der Waals surface area contributed by atoms with Crippen molar-refractivity contribution in [1.29, 1.82) is 0 Å². The zero-order chi connectivity index (χ0) is 16.9. The quantitative estimate of drug-likeness (QED) is 0.788. The van der Waals surface area contributed by atoms with Gasteiger partial charge in [-0.05, 0) is 48.1 Å². The van der Waals surface area contributed by atoms with Crippen molar-refractivity contribution >= 4 is 0 Å². The summed E-state index contributed by atoms with van der Waals surface area (Å²) in [5.41, 5.74) is 4.18. The maximum atomic E-state index is 5.49. The summed E-state index contributed by atoms with van der Waals surface area (Å²) < 4.78 is 5.49. The van der Waals surface area contributed by atoms with E-state index in [1.807, 2.05) is 19.1 Å². The number of nitrogens with one attached hydrogen (secondary N) is 1. The minimum absolute atomic E-state index is 0.210. The van der Waals surface area contributed by atoms with Crippen LogP contribution in [0.25, 0.3) is 0 Å². The minimum atomic E-state index is 0.210. The van der Waals surface area contributed by atoms with Crippen LogP contribution in [-0.4, -0.2) is 6.61 Å². The smallest absolute Gasteiger partial charge is 0.119 e. The average molecular weight is 311 g/mol. The molecule has 0 aliphatic carbocycles. The Balaban J connectivity index is 1.92.